The molecule has 0 aromatic rings. The second kappa shape index (κ2) is 6.36. The third-order valence-electron chi connectivity index (χ3n) is 3.75. The fraction of sp³-hybridized carbons (Fsp3) is 1.00. The van der Waals surface area contributed by atoms with Crippen LogP contribution < -0.4 is 0 Å². The second-order valence-electron chi connectivity index (χ2n) is 4.88. The van der Waals surface area contributed by atoms with Crippen molar-refractivity contribution in [2.45, 2.75) is 38.1 Å². The minimum Gasteiger partial charge on any atom is -0.297 e. The average molecular weight is 248 g/mol. The van der Waals surface area contributed by atoms with Crippen molar-refractivity contribution >= 4 is 23.4 Å². The molecule has 15 heavy (non-hydrogen) atoms. The lowest BCUT2D eigenvalue weighted by molar-refractivity contribution is 0.174. The topological polar surface area (TPSA) is 3.24 Å². The van der Waals surface area contributed by atoms with Crippen molar-refractivity contribution in [3.05, 3.63) is 0 Å². The number of thioether (sulfide) groups is 1. The Bertz CT molecular complexity index is 182. The van der Waals surface area contributed by atoms with Crippen LogP contribution in [0.15, 0.2) is 0 Å². The summed E-state index contributed by atoms with van der Waals surface area (Å²) in [5.41, 5.74) is 0. The van der Waals surface area contributed by atoms with Gasteiger partial charge in [-0.3, -0.25) is 4.90 Å². The zero-order valence-electron chi connectivity index (χ0n) is 9.46. The Balaban J connectivity index is 1.79. The van der Waals surface area contributed by atoms with Crippen molar-refractivity contribution in [2.75, 3.05) is 30.5 Å². The Kier molecular flexibility index (Phi) is 5.12. The first kappa shape index (κ1) is 12.1. The molecule has 0 aromatic carbocycles. The van der Waals surface area contributed by atoms with Gasteiger partial charge < -0.3 is 0 Å². The molecule has 1 aliphatic carbocycles. The average Bonchev–Trinajstić information content (AvgIpc) is 2.31. The third-order valence-corrected chi connectivity index (χ3v) is 5.19. The third kappa shape index (κ3) is 3.54. The molecule has 0 spiro atoms. The van der Waals surface area contributed by atoms with Gasteiger partial charge >= 0.3 is 0 Å². The Labute approximate surface area is 103 Å². The van der Waals surface area contributed by atoms with Gasteiger partial charge in [0.2, 0.25) is 0 Å². The van der Waals surface area contributed by atoms with E-state index in [-0.39, 0.29) is 0 Å². The highest BCUT2D eigenvalue weighted by Crippen LogP contribution is 2.27. The van der Waals surface area contributed by atoms with Gasteiger partial charge in [0.1, 0.15) is 0 Å². The van der Waals surface area contributed by atoms with E-state index in [0.29, 0.717) is 6.04 Å². The molecule has 88 valence electrons. The van der Waals surface area contributed by atoms with E-state index in [1.807, 2.05) is 0 Å². The molecule has 1 saturated carbocycles. The zero-order chi connectivity index (χ0) is 10.5. The van der Waals surface area contributed by atoms with Crippen LogP contribution in [0.4, 0.5) is 0 Å². The summed E-state index contributed by atoms with van der Waals surface area (Å²) in [6, 6.07) is 0.646. The minimum absolute atomic E-state index is 0.646. The maximum Gasteiger partial charge on any atom is 0.0387 e. The first-order chi connectivity index (χ1) is 7.40. The summed E-state index contributed by atoms with van der Waals surface area (Å²) in [5, 5.41) is 0. The van der Waals surface area contributed by atoms with Crippen LogP contribution in [0.2, 0.25) is 0 Å². The highest BCUT2D eigenvalue weighted by molar-refractivity contribution is 7.99. The quantitative estimate of drug-likeness (QED) is 0.705. The summed E-state index contributed by atoms with van der Waals surface area (Å²) in [7, 11) is 0. The molecular formula is C12H22ClNS. The molecule has 2 rings (SSSR count). The Morgan fingerprint density at radius 1 is 1.20 bits per heavy atom. The lowest BCUT2D eigenvalue weighted by atomic mass is 9.88. The van der Waals surface area contributed by atoms with Crippen LogP contribution in [0, 0.1) is 5.92 Å². The molecule has 1 atom stereocenters. The molecular weight excluding hydrogens is 226 g/mol. The summed E-state index contributed by atoms with van der Waals surface area (Å²) >= 11 is 8.11. The molecule has 1 nitrogen and oxygen atoms in total. The predicted octanol–water partition coefficient (Wildman–Crippen LogP) is 3.22. The Morgan fingerprint density at radius 2 is 2.00 bits per heavy atom. The summed E-state index contributed by atoms with van der Waals surface area (Å²) in [6.07, 6.45) is 7.29. The van der Waals surface area contributed by atoms with Gasteiger partial charge in [-0.1, -0.05) is 19.3 Å². The maximum atomic E-state index is 6.04. The molecule has 1 heterocycles. The molecule has 0 bridgehead atoms. The molecule has 2 aliphatic rings. The molecule has 0 radical (unpaired) electrons. The smallest absolute Gasteiger partial charge is 0.0387 e. The van der Waals surface area contributed by atoms with Gasteiger partial charge in [-0.15, -0.1) is 11.6 Å². The molecule has 2 fully saturated rings. The van der Waals surface area contributed by atoms with E-state index >= 15 is 0 Å². The van der Waals surface area contributed by atoms with Crippen LogP contribution in [0.3, 0.4) is 0 Å². The lowest BCUT2D eigenvalue weighted by Crippen LogP contribution is -2.46. The SMILES string of the molecule is ClCC1CSCCN1CC1CCCCC1. The number of alkyl halides is 1. The molecule has 1 saturated heterocycles. The van der Waals surface area contributed by atoms with Crippen molar-refractivity contribution in [1.82, 2.24) is 4.90 Å². The van der Waals surface area contributed by atoms with E-state index in [2.05, 4.69) is 16.7 Å². The summed E-state index contributed by atoms with van der Waals surface area (Å²) < 4.78 is 0. The van der Waals surface area contributed by atoms with Crippen molar-refractivity contribution in [3.8, 4) is 0 Å². The predicted molar refractivity (Wildman–Crippen MR) is 70.0 cm³/mol. The van der Waals surface area contributed by atoms with Crippen LogP contribution in [0.1, 0.15) is 32.1 Å². The monoisotopic (exact) mass is 247 g/mol. The molecule has 0 N–H and O–H groups in total. The summed E-state index contributed by atoms with van der Waals surface area (Å²) in [6.45, 7) is 2.58. The van der Waals surface area contributed by atoms with Crippen molar-refractivity contribution in [3.63, 3.8) is 0 Å². The van der Waals surface area contributed by atoms with Gasteiger partial charge in [-0.25, -0.2) is 0 Å². The molecule has 1 aliphatic heterocycles. The Morgan fingerprint density at radius 3 is 2.73 bits per heavy atom. The first-order valence-electron chi connectivity index (χ1n) is 6.28. The highest BCUT2D eigenvalue weighted by Gasteiger charge is 2.25. The fourth-order valence-electron chi connectivity index (χ4n) is 2.77. The van der Waals surface area contributed by atoms with Crippen molar-refractivity contribution in [2.24, 2.45) is 5.92 Å². The largest absolute Gasteiger partial charge is 0.297 e. The van der Waals surface area contributed by atoms with E-state index in [4.69, 9.17) is 11.6 Å². The van der Waals surface area contributed by atoms with E-state index in [1.54, 1.807) is 0 Å². The summed E-state index contributed by atoms with van der Waals surface area (Å²) in [4.78, 5) is 2.65. The molecule has 1 unspecified atom stereocenters. The minimum atomic E-state index is 0.646. The van der Waals surface area contributed by atoms with Crippen LogP contribution in [-0.4, -0.2) is 41.4 Å². The van der Waals surface area contributed by atoms with E-state index in [0.717, 1.165) is 11.8 Å². The summed E-state index contributed by atoms with van der Waals surface area (Å²) in [5.74, 6) is 4.34. The molecule has 3 heteroatoms. The Hall–Kier alpha value is 0.600. The number of halogens is 1. The van der Waals surface area contributed by atoms with Crippen LogP contribution >= 0.6 is 23.4 Å². The van der Waals surface area contributed by atoms with Gasteiger partial charge in [-0.2, -0.15) is 11.8 Å². The van der Waals surface area contributed by atoms with Crippen molar-refractivity contribution in [1.29, 1.82) is 0 Å². The molecule has 0 amide bonds. The fourth-order valence-corrected chi connectivity index (χ4v) is 4.34. The van der Waals surface area contributed by atoms with E-state index < -0.39 is 0 Å². The number of hydrogen-bond donors (Lipinski definition) is 0. The number of rotatable bonds is 3. The first-order valence-corrected chi connectivity index (χ1v) is 7.97. The van der Waals surface area contributed by atoms with E-state index in [9.17, 15) is 0 Å². The van der Waals surface area contributed by atoms with Crippen LogP contribution in [0.25, 0.3) is 0 Å². The van der Waals surface area contributed by atoms with Gasteiger partial charge in [-0.05, 0) is 18.8 Å². The second-order valence-corrected chi connectivity index (χ2v) is 6.34. The normalized spacial score (nSPS) is 30.6. The van der Waals surface area contributed by atoms with Crippen LogP contribution in [0.5, 0.6) is 0 Å². The van der Waals surface area contributed by atoms with Gasteiger partial charge in [0.25, 0.3) is 0 Å². The lowest BCUT2D eigenvalue weighted by Gasteiger charge is -2.37. The maximum absolute atomic E-state index is 6.04. The van der Waals surface area contributed by atoms with Gasteiger partial charge in [0, 0.05) is 36.5 Å². The zero-order valence-corrected chi connectivity index (χ0v) is 11.0. The van der Waals surface area contributed by atoms with Crippen molar-refractivity contribution < 1.29 is 0 Å². The number of nitrogens with zero attached hydrogens (tertiary/aromatic N) is 1. The standard InChI is InChI=1S/C12H22ClNS/c13-8-12-10-15-7-6-14(12)9-11-4-2-1-3-5-11/h11-12H,1-10H2. The molecule has 0 aromatic heterocycles. The van der Waals surface area contributed by atoms with E-state index in [1.165, 1.54) is 56.7 Å². The highest BCUT2D eigenvalue weighted by atomic mass is 35.5. The van der Waals surface area contributed by atoms with Gasteiger partial charge in [0.15, 0.2) is 0 Å². The van der Waals surface area contributed by atoms with Gasteiger partial charge in [0.05, 0.1) is 0 Å². The number of hydrogen-bond acceptors (Lipinski definition) is 2. The van der Waals surface area contributed by atoms with Crippen LogP contribution in [-0.2, 0) is 0 Å².